The van der Waals surface area contributed by atoms with Crippen molar-refractivity contribution in [2.45, 2.75) is 13.8 Å². The van der Waals surface area contributed by atoms with E-state index in [1.807, 2.05) is 26.0 Å². The number of aromatic nitrogens is 1. The monoisotopic (exact) mass is 318 g/mol. The van der Waals surface area contributed by atoms with Crippen LogP contribution in [0.1, 0.15) is 16.1 Å². The molecule has 0 saturated heterocycles. The maximum Gasteiger partial charge on any atom is 0.250 e. The normalized spacial score (nSPS) is 10.7. The van der Waals surface area contributed by atoms with E-state index in [0.717, 1.165) is 16.1 Å². The molecule has 2 aromatic rings. The summed E-state index contributed by atoms with van der Waals surface area (Å²) in [6.07, 6.45) is 3.15. The number of nitrogens with zero attached hydrogens (tertiary/aromatic N) is 1. The number of methoxy groups -OCH3 is 2. The summed E-state index contributed by atoms with van der Waals surface area (Å²) in [5, 5.41) is 3.35. The van der Waals surface area contributed by atoms with E-state index in [2.05, 4.69) is 10.3 Å². The Bertz CT molecular complexity index is 688. The molecule has 0 unspecified atom stereocenters. The lowest BCUT2D eigenvalue weighted by atomic mass is 10.1. The molecule has 0 saturated carbocycles. The number of anilines is 1. The Hall–Kier alpha value is -2.34. The number of aryl methyl sites for hydroxylation is 2. The van der Waals surface area contributed by atoms with E-state index in [1.165, 1.54) is 17.4 Å². The molecular weight excluding hydrogens is 300 g/mol. The van der Waals surface area contributed by atoms with Crippen LogP contribution in [0, 0.1) is 13.8 Å². The zero-order valence-electron chi connectivity index (χ0n) is 13.0. The molecule has 1 aromatic heterocycles. The number of hydrogen-bond donors (Lipinski definition) is 1. The second-order valence-corrected chi connectivity index (χ2v) is 5.79. The van der Waals surface area contributed by atoms with E-state index in [0.29, 0.717) is 16.6 Å². The molecule has 5 nitrogen and oxygen atoms in total. The van der Waals surface area contributed by atoms with Gasteiger partial charge in [0.2, 0.25) is 5.91 Å². The van der Waals surface area contributed by atoms with Gasteiger partial charge in [0.25, 0.3) is 0 Å². The van der Waals surface area contributed by atoms with Crippen molar-refractivity contribution in [1.29, 1.82) is 0 Å². The molecule has 0 bridgehead atoms. The lowest BCUT2D eigenvalue weighted by Crippen LogP contribution is -2.07. The van der Waals surface area contributed by atoms with Gasteiger partial charge in [0, 0.05) is 22.6 Å². The van der Waals surface area contributed by atoms with Gasteiger partial charge in [-0.15, -0.1) is 11.3 Å². The van der Waals surface area contributed by atoms with Gasteiger partial charge in [0.1, 0.15) is 11.5 Å². The van der Waals surface area contributed by atoms with Crippen LogP contribution in [0.15, 0.2) is 24.3 Å². The first-order valence-electron chi connectivity index (χ1n) is 6.68. The minimum atomic E-state index is -0.230. The average molecular weight is 318 g/mol. The summed E-state index contributed by atoms with van der Waals surface area (Å²) in [5.74, 6) is 1.11. The first-order valence-corrected chi connectivity index (χ1v) is 7.50. The van der Waals surface area contributed by atoms with Crippen LogP contribution in [0.25, 0.3) is 6.08 Å². The molecule has 0 atom stereocenters. The Morgan fingerprint density at radius 3 is 2.64 bits per heavy atom. The van der Waals surface area contributed by atoms with Crippen molar-refractivity contribution in [2.24, 2.45) is 0 Å². The van der Waals surface area contributed by atoms with E-state index in [9.17, 15) is 4.79 Å². The van der Waals surface area contributed by atoms with Gasteiger partial charge < -0.3 is 9.47 Å². The number of hydrogen-bond acceptors (Lipinski definition) is 5. The topological polar surface area (TPSA) is 60.5 Å². The molecule has 0 aliphatic rings. The maximum atomic E-state index is 11.9. The molecule has 6 heteroatoms. The summed E-state index contributed by atoms with van der Waals surface area (Å²) in [5.41, 5.74) is 1.73. The molecule has 22 heavy (non-hydrogen) atoms. The maximum absolute atomic E-state index is 11.9. The summed E-state index contributed by atoms with van der Waals surface area (Å²) < 4.78 is 10.4. The fraction of sp³-hybridized carbons (Fsp3) is 0.250. The Morgan fingerprint density at radius 2 is 2.05 bits per heavy atom. The lowest BCUT2D eigenvalue weighted by molar-refractivity contribution is -0.111. The van der Waals surface area contributed by atoms with Crippen LogP contribution in [0.4, 0.5) is 5.13 Å². The van der Waals surface area contributed by atoms with Crippen molar-refractivity contribution in [2.75, 3.05) is 19.5 Å². The third-order valence-electron chi connectivity index (χ3n) is 3.11. The molecule has 1 heterocycles. The molecular formula is C16H18N2O3S. The van der Waals surface area contributed by atoms with Gasteiger partial charge in [-0.3, -0.25) is 10.1 Å². The van der Waals surface area contributed by atoms with E-state index in [-0.39, 0.29) is 5.91 Å². The summed E-state index contributed by atoms with van der Waals surface area (Å²) in [6, 6.07) is 5.41. The van der Waals surface area contributed by atoms with Gasteiger partial charge in [-0.05, 0) is 32.1 Å². The number of thiazole rings is 1. The van der Waals surface area contributed by atoms with Crippen LogP contribution in [-0.2, 0) is 4.79 Å². The summed E-state index contributed by atoms with van der Waals surface area (Å²) in [7, 11) is 3.17. The number of benzene rings is 1. The molecule has 116 valence electrons. The Kier molecular flexibility index (Phi) is 5.16. The molecule has 0 aliphatic heterocycles. The van der Waals surface area contributed by atoms with Crippen LogP contribution in [-0.4, -0.2) is 25.1 Å². The van der Waals surface area contributed by atoms with Crippen molar-refractivity contribution in [3.8, 4) is 11.5 Å². The van der Waals surface area contributed by atoms with E-state index in [4.69, 9.17) is 9.47 Å². The highest BCUT2D eigenvalue weighted by Crippen LogP contribution is 2.26. The molecule has 0 spiro atoms. The number of amides is 1. The fourth-order valence-corrected chi connectivity index (χ4v) is 2.61. The van der Waals surface area contributed by atoms with Crippen LogP contribution >= 0.6 is 11.3 Å². The Labute approximate surface area is 133 Å². The molecule has 1 aromatic carbocycles. The van der Waals surface area contributed by atoms with Crippen molar-refractivity contribution in [3.05, 3.63) is 40.4 Å². The van der Waals surface area contributed by atoms with Gasteiger partial charge >= 0.3 is 0 Å². The standard InChI is InChI=1S/C16H18N2O3S/c1-10-11(2)22-16(17-10)18-15(19)8-6-12-5-7-13(20-3)9-14(12)21-4/h5-9H,1-4H3,(H,17,18,19)/b8-6+. The molecule has 0 fully saturated rings. The van der Waals surface area contributed by atoms with Crippen LogP contribution in [0.3, 0.4) is 0 Å². The number of nitrogens with one attached hydrogen (secondary N) is 1. The third kappa shape index (κ3) is 3.85. The lowest BCUT2D eigenvalue weighted by Gasteiger charge is -2.07. The minimum absolute atomic E-state index is 0.230. The summed E-state index contributed by atoms with van der Waals surface area (Å²) >= 11 is 1.46. The van der Waals surface area contributed by atoms with E-state index in [1.54, 1.807) is 26.4 Å². The van der Waals surface area contributed by atoms with Gasteiger partial charge in [-0.2, -0.15) is 0 Å². The van der Waals surface area contributed by atoms with E-state index < -0.39 is 0 Å². The van der Waals surface area contributed by atoms with Gasteiger partial charge in [-0.1, -0.05) is 0 Å². The molecule has 0 radical (unpaired) electrons. The van der Waals surface area contributed by atoms with Gasteiger partial charge in [0.05, 0.1) is 19.9 Å². The fourth-order valence-electron chi connectivity index (χ4n) is 1.79. The number of carbonyl (C=O) groups is 1. The summed E-state index contributed by atoms with van der Waals surface area (Å²) in [4.78, 5) is 17.3. The second-order valence-electron chi connectivity index (χ2n) is 4.59. The van der Waals surface area contributed by atoms with Crippen molar-refractivity contribution in [3.63, 3.8) is 0 Å². The highest BCUT2D eigenvalue weighted by molar-refractivity contribution is 7.15. The van der Waals surface area contributed by atoms with Crippen LogP contribution in [0.2, 0.25) is 0 Å². The second kappa shape index (κ2) is 7.09. The Balaban J connectivity index is 2.09. The predicted octanol–water partition coefficient (Wildman–Crippen LogP) is 3.43. The summed E-state index contributed by atoms with van der Waals surface area (Å²) in [6.45, 7) is 3.89. The van der Waals surface area contributed by atoms with Crippen molar-refractivity contribution < 1.29 is 14.3 Å². The zero-order chi connectivity index (χ0) is 16.1. The first kappa shape index (κ1) is 16.0. The number of ether oxygens (including phenoxy) is 2. The highest BCUT2D eigenvalue weighted by atomic mass is 32.1. The zero-order valence-corrected chi connectivity index (χ0v) is 13.8. The Morgan fingerprint density at radius 1 is 1.27 bits per heavy atom. The number of rotatable bonds is 5. The third-order valence-corrected chi connectivity index (χ3v) is 4.10. The van der Waals surface area contributed by atoms with Crippen molar-refractivity contribution in [1.82, 2.24) is 4.98 Å². The molecule has 1 N–H and O–H groups in total. The average Bonchev–Trinajstić information content (AvgIpc) is 2.82. The SMILES string of the molecule is COc1ccc(/C=C/C(=O)Nc2nc(C)c(C)s2)c(OC)c1. The highest BCUT2D eigenvalue weighted by Gasteiger charge is 2.06. The van der Waals surface area contributed by atoms with Gasteiger partial charge in [0.15, 0.2) is 5.13 Å². The van der Waals surface area contributed by atoms with Crippen LogP contribution < -0.4 is 14.8 Å². The van der Waals surface area contributed by atoms with Crippen LogP contribution in [0.5, 0.6) is 11.5 Å². The molecule has 2 rings (SSSR count). The molecule has 1 amide bonds. The molecule has 0 aliphatic carbocycles. The largest absolute Gasteiger partial charge is 0.497 e. The minimum Gasteiger partial charge on any atom is -0.497 e. The predicted molar refractivity (Wildman–Crippen MR) is 88.8 cm³/mol. The quantitative estimate of drug-likeness (QED) is 0.858. The first-order chi connectivity index (χ1) is 10.5. The van der Waals surface area contributed by atoms with E-state index >= 15 is 0 Å². The van der Waals surface area contributed by atoms with Gasteiger partial charge in [-0.25, -0.2) is 4.98 Å². The smallest absolute Gasteiger partial charge is 0.250 e. The van der Waals surface area contributed by atoms with Crippen molar-refractivity contribution >= 4 is 28.5 Å². The number of carbonyl (C=O) groups excluding carboxylic acids is 1.